The van der Waals surface area contributed by atoms with Crippen LogP contribution < -0.4 is 30.9 Å². The SMILES string of the molecule is O=c1[nH]c2cc(Cl)ccc2c(O)c1-c1cccc(Oc2ccccc2)c1.O=c1[nH]c2cc(Cl)ccc2c(O)c1-c1cccc(Oc2ccccc2)c1.O=c1[nH]c2cc(Cl)ccc2c(O)c1-c1cccc(Oc2ccccc2)c1. The van der Waals surface area contributed by atoms with E-state index in [2.05, 4.69) is 15.0 Å². The molecular weight excluding hydrogens is 1050 g/mol. The summed E-state index contributed by atoms with van der Waals surface area (Å²) in [5, 5.41) is 35.0. The fourth-order valence-corrected chi connectivity index (χ4v) is 9.10. The Kier molecular flexibility index (Phi) is 15.3. The van der Waals surface area contributed by atoms with Crippen LogP contribution >= 0.6 is 34.8 Å². The van der Waals surface area contributed by atoms with Gasteiger partial charge < -0.3 is 44.5 Å². The molecule has 12 nitrogen and oxygen atoms in total. The van der Waals surface area contributed by atoms with Gasteiger partial charge in [-0.1, -0.05) is 126 Å². The summed E-state index contributed by atoms with van der Waals surface area (Å²) < 4.78 is 17.4. The number of halogens is 3. The van der Waals surface area contributed by atoms with E-state index in [1.54, 1.807) is 127 Å². The number of ether oxygens (including phenoxy) is 3. The molecule has 78 heavy (non-hydrogen) atoms. The average molecular weight is 1090 g/mol. The van der Waals surface area contributed by atoms with Gasteiger partial charge in [0, 0.05) is 31.2 Å². The highest BCUT2D eigenvalue weighted by molar-refractivity contribution is 6.32. The summed E-state index contributed by atoms with van der Waals surface area (Å²) >= 11 is 17.9. The summed E-state index contributed by atoms with van der Waals surface area (Å²) in [6, 6.07) is 64.0. The molecule has 0 atom stereocenters. The summed E-state index contributed by atoms with van der Waals surface area (Å²) in [7, 11) is 0. The summed E-state index contributed by atoms with van der Waals surface area (Å²) in [6.45, 7) is 0. The number of hydrogen-bond acceptors (Lipinski definition) is 9. The fourth-order valence-electron chi connectivity index (χ4n) is 8.58. The minimum atomic E-state index is -0.394. The van der Waals surface area contributed by atoms with Crippen molar-refractivity contribution in [3.63, 3.8) is 0 Å². The first-order chi connectivity index (χ1) is 37.8. The zero-order valence-electron chi connectivity index (χ0n) is 40.7. The van der Waals surface area contributed by atoms with Gasteiger partial charge in [-0.3, -0.25) is 14.4 Å². The number of aromatic amines is 3. The Labute approximate surface area is 459 Å². The molecule has 15 heteroatoms. The standard InChI is InChI=1S/3C21H14ClNO3/c3*22-14-9-10-17-18(12-14)23-21(25)19(20(17)24)13-5-4-8-16(11-13)26-15-6-2-1-3-7-15/h3*1-12H,(H2,23,24,25). The molecule has 0 spiro atoms. The van der Waals surface area contributed by atoms with Crippen LogP contribution in [-0.4, -0.2) is 30.3 Å². The van der Waals surface area contributed by atoms with Crippen LogP contribution in [0.25, 0.3) is 66.1 Å². The Morgan fingerprint density at radius 1 is 0.295 bits per heavy atom. The number of para-hydroxylation sites is 3. The minimum absolute atomic E-state index is 0.0859. The number of rotatable bonds is 9. The van der Waals surface area contributed by atoms with Gasteiger partial charge in [-0.2, -0.15) is 0 Å². The maximum Gasteiger partial charge on any atom is 0.260 e. The van der Waals surface area contributed by atoms with Crippen molar-refractivity contribution in [2.24, 2.45) is 0 Å². The second kappa shape index (κ2) is 23.0. The lowest BCUT2D eigenvalue weighted by atomic mass is 10.0. The molecule has 3 aromatic heterocycles. The highest BCUT2D eigenvalue weighted by Crippen LogP contribution is 2.38. The maximum absolute atomic E-state index is 12.5. The highest BCUT2D eigenvalue weighted by atomic mass is 35.5. The van der Waals surface area contributed by atoms with Crippen molar-refractivity contribution >= 4 is 67.5 Å². The Hall–Kier alpha value is -9.72. The summed E-state index contributed by atoms with van der Waals surface area (Å²) in [5.41, 5.74) is 2.55. The van der Waals surface area contributed by atoms with E-state index < -0.39 is 16.7 Å². The number of nitrogens with one attached hydrogen (secondary N) is 3. The molecule has 0 aliphatic rings. The molecule has 3 heterocycles. The minimum Gasteiger partial charge on any atom is -0.506 e. The summed E-state index contributed by atoms with van der Waals surface area (Å²) in [6.07, 6.45) is 0. The smallest absolute Gasteiger partial charge is 0.260 e. The molecule has 0 fully saturated rings. The third kappa shape index (κ3) is 11.7. The Morgan fingerprint density at radius 2 is 0.551 bits per heavy atom. The molecule has 0 unspecified atom stereocenters. The van der Waals surface area contributed by atoms with E-state index in [4.69, 9.17) is 49.0 Å². The van der Waals surface area contributed by atoms with Crippen LogP contribution in [0.1, 0.15) is 0 Å². The van der Waals surface area contributed by atoms with Crippen molar-refractivity contribution in [1.82, 2.24) is 15.0 Å². The van der Waals surface area contributed by atoms with Crippen molar-refractivity contribution in [3.05, 3.63) is 265 Å². The molecule has 0 aliphatic carbocycles. The number of pyridine rings is 3. The van der Waals surface area contributed by atoms with E-state index in [1.807, 2.05) is 91.0 Å². The lowest BCUT2D eigenvalue weighted by molar-refractivity contribution is 0.480. The average Bonchev–Trinajstić information content (AvgIpc) is 3.46. The normalized spacial score (nSPS) is 10.8. The second-order valence-corrected chi connectivity index (χ2v) is 18.7. The van der Waals surface area contributed by atoms with E-state index in [1.165, 1.54) is 0 Å². The predicted octanol–water partition coefficient (Wildman–Crippen LogP) is 16.0. The molecular formula is C63H42Cl3N3O9. The zero-order valence-corrected chi connectivity index (χ0v) is 43.0. The number of H-pyrrole nitrogens is 3. The number of hydrogen-bond donors (Lipinski definition) is 6. The van der Waals surface area contributed by atoms with Gasteiger partial charge in [0.25, 0.3) is 16.7 Å². The predicted molar refractivity (Wildman–Crippen MR) is 310 cm³/mol. The third-order valence-corrected chi connectivity index (χ3v) is 12.9. The van der Waals surface area contributed by atoms with Crippen LogP contribution in [0.15, 0.2) is 233 Å². The van der Waals surface area contributed by atoms with E-state index in [0.717, 1.165) is 0 Å². The Bertz CT molecular complexity index is 3900. The molecule has 12 aromatic rings. The number of benzene rings is 9. The zero-order chi connectivity index (χ0) is 54.3. The van der Waals surface area contributed by atoms with Gasteiger partial charge in [-0.05, 0) is 144 Å². The molecule has 0 amide bonds. The van der Waals surface area contributed by atoms with Crippen LogP contribution in [-0.2, 0) is 0 Å². The topological polar surface area (TPSA) is 187 Å². The van der Waals surface area contributed by atoms with Gasteiger partial charge in [-0.15, -0.1) is 0 Å². The molecule has 0 saturated carbocycles. The van der Waals surface area contributed by atoms with Crippen molar-refractivity contribution in [1.29, 1.82) is 0 Å². The molecule has 0 saturated heterocycles. The van der Waals surface area contributed by atoms with Crippen molar-refractivity contribution in [2.45, 2.75) is 0 Å². The second-order valence-electron chi connectivity index (χ2n) is 17.4. The van der Waals surface area contributed by atoms with Gasteiger partial charge in [0.2, 0.25) is 0 Å². The number of aromatic hydroxyl groups is 3. The molecule has 6 N–H and O–H groups in total. The molecule has 0 aliphatic heterocycles. The van der Waals surface area contributed by atoms with E-state index >= 15 is 0 Å². The Morgan fingerprint density at radius 3 is 0.821 bits per heavy atom. The highest BCUT2D eigenvalue weighted by Gasteiger charge is 2.18. The number of fused-ring (bicyclic) bond motifs is 3. The van der Waals surface area contributed by atoms with Crippen molar-refractivity contribution < 1.29 is 29.5 Å². The monoisotopic (exact) mass is 1090 g/mol. The molecule has 9 aromatic carbocycles. The van der Waals surface area contributed by atoms with Crippen LogP contribution in [0.2, 0.25) is 15.1 Å². The van der Waals surface area contributed by atoms with Crippen LogP contribution in [0.4, 0.5) is 0 Å². The lowest BCUT2D eigenvalue weighted by Gasteiger charge is -2.10. The first kappa shape index (κ1) is 51.8. The van der Waals surface area contributed by atoms with Gasteiger partial charge >= 0.3 is 0 Å². The number of aromatic nitrogens is 3. The van der Waals surface area contributed by atoms with Gasteiger partial charge in [0.05, 0.1) is 33.2 Å². The van der Waals surface area contributed by atoms with Gasteiger partial charge in [0.1, 0.15) is 51.7 Å². The van der Waals surface area contributed by atoms with Crippen LogP contribution in [0, 0.1) is 0 Å². The van der Waals surface area contributed by atoms with E-state index in [9.17, 15) is 29.7 Å². The lowest BCUT2D eigenvalue weighted by Crippen LogP contribution is -2.09. The van der Waals surface area contributed by atoms with Crippen LogP contribution in [0.3, 0.4) is 0 Å². The van der Waals surface area contributed by atoms with E-state index in [-0.39, 0.29) is 33.9 Å². The van der Waals surface area contributed by atoms with Crippen LogP contribution in [0.5, 0.6) is 51.7 Å². The Balaban J connectivity index is 0.000000132. The van der Waals surface area contributed by atoms with Crippen molar-refractivity contribution in [3.8, 4) is 85.1 Å². The quantitative estimate of drug-likeness (QED) is 0.0818. The summed E-state index contributed by atoms with van der Waals surface area (Å²) in [4.78, 5) is 45.9. The molecule has 12 rings (SSSR count). The molecule has 0 radical (unpaired) electrons. The molecule has 0 bridgehead atoms. The molecule has 384 valence electrons. The van der Waals surface area contributed by atoms with E-state index in [0.29, 0.717) is 99.0 Å². The maximum atomic E-state index is 12.5. The third-order valence-electron chi connectivity index (χ3n) is 12.2. The van der Waals surface area contributed by atoms with Gasteiger partial charge in [-0.25, -0.2) is 0 Å². The van der Waals surface area contributed by atoms with Gasteiger partial charge in [0.15, 0.2) is 0 Å². The van der Waals surface area contributed by atoms with Crippen molar-refractivity contribution in [2.75, 3.05) is 0 Å². The fraction of sp³-hybridized carbons (Fsp3) is 0. The first-order valence-electron chi connectivity index (χ1n) is 24.0. The first-order valence-corrected chi connectivity index (χ1v) is 25.1. The summed E-state index contributed by atoms with van der Waals surface area (Å²) in [5.74, 6) is 3.53. The largest absolute Gasteiger partial charge is 0.506 e.